The highest BCUT2D eigenvalue weighted by Crippen LogP contribution is 2.43. The third-order valence-corrected chi connectivity index (χ3v) is 6.58. The van der Waals surface area contributed by atoms with Gasteiger partial charge in [0, 0.05) is 30.7 Å². The predicted octanol–water partition coefficient (Wildman–Crippen LogP) is 4.64. The summed E-state index contributed by atoms with van der Waals surface area (Å²) in [4.78, 5) is 0. The first-order chi connectivity index (χ1) is 14.5. The van der Waals surface area contributed by atoms with Gasteiger partial charge in [0.15, 0.2) is 11.5 Å². The van der Waals surface area contributed by atoms with Crippen molar-refractivity contribution in [3.63, 3.8) is 0 Å². The molecule has 2 aromatic rings. The summed E-state index contributed by atoms with van der Waals surface area (Å²) in [6, 6.07) is 10.9. The SMILES string of the molecule is COc1ccc2c(c1)CC[N+](C)(CCCCl)[C@H]2Cc1cc(OC)c(OC)c(OC)c1. The van der Waals surface area contributed by atoms with Gasteiger partial charge in [-0.1, -0.05) is 0 Å². The van der Waals surface area contributed by atoms with Crippen LogP contribution in [0.2, 0.25) is 0 Å². The lowest BCUT2D eigenvalue weighted by Gasteiger charge is -2.46. The quantitative estimate of drug-likeness (QED) is 0.425. The molecule has 0 aromatic heterocycles. The Bertz CT molecular complexity index is 847. The molecule has 3 rings (SSSR count). The first-order valence-electron chi connectivity index (χ1n) is 10.4. The fourth-order valence-electron chi connectivity index (χ4n) is 4.61. The molecule has 0 bridgehead atoms. The van der Waals surface area contributed by atoms with Gasteiger partial charge < -0.3 is 23.4 Å². The Hall–Kier alpha value is -2.11. The molecule has 6 heteroatoms. The van der Waals surface area contributed by atoms with Gasteiger partial charge in [-0.2, -0.15) is 0 Å². The Kier molecular flexibility index (Phi) is 7.37. The first kappa shape index (κ1) is 22.6. The topological polar surface area (TPSA) is 36.9 Å². The van der Waals surface area contributed by atoms with Crippen molar-refractivity contribution in [3.8, 4) is 23.0 Å². The molecule has 0 aliphatic carbocycles. The third kappa shape index (κ3) is 4.47. The van der Waals surface area contributed by atoms with Crippen LogP contribution >= 0.6 is 11.6 Å². The van der Waals surface area contributed by atoms with Gasteiger partial charge in [0.1, 0.15) is 11.8 Å². The second-order valence-electron chi connectivity index (χ2n) is 8.04. The summed E-state index contributed by atoms with van der Waals surface area (Å²) in [7, 11) is 9.01. The van der Waals surface area contributed by atoms with Crippen LogP contribution in [0, 0.1) is 0 Å². The molecule has 0 saturated heterocycles. The molecule has 2 aromatic carbocycles. The molecular weight excluding hydrogens is 402 g/mol. The summed E-state index contributed by atoms with van der Waals surface area (Å²) in [6.45, 7) is 2.12. The van der Waals surface area contributed by atoms with Crippen LogP contribution in [0.25, 0.3) is 0 Å². The van der Waals surface area contributed by atoms with E-state index in [1.54, 1.807) is 28.4 Å². The van der Waals surface area contributed by atoms with Gasteiger partial charge in [-0.15, -0.1) is 11.6 Å². The van der Waals surface area contributed by atoms with Crippen LogP contribution in [-0.4, -0.2) is 58.9 Å². The van der Waals surface area contributed by atoms with E-state index in [-0.39, 0.29) is 0 Å². The van der Waals surface area contributed by atoms with E-state index in [4.69, 9.17) is 30.5 Å². The zero-order chi connectivity index (χ0) is 21.7. The van der Waals surface area contributed by atoms with Crippen LogP contribution < -0.4 is 18.9 Å². The number of quaternary nitrogens is 1. The smallest absolute Gasteiger partial charge is 0.203 e. The van der Waals surface area contributed by atoms with Crippen molar-refractivity contribution in [2.24, 2.45) is 0 Å². The molecule has 0 amide bonds. The lowest BCUT2D eigenvalue weighted by Crippen LogP contribution is -2.52. The van der Waals surface area contributed by atoms with Crippen LogP contribution in [0.15, 0.2) is 30.3 Å². The van der Waals surface area contributed by atoms with Gasteiger partial charge >= 0.3 is 0 Å². The Morgan fingerprint density at radius 1 is 0.967 bits per heavy atom. The molecule has 0 N–H and O–H groups in total. The average Bonchev–Trinajstić information content (AvgIpc) is 2.78. The molecular formula is C24H33ClNO4+. The lowest BCUT2D eigenvalue weighted by molar-refractivity contribution is -0.941. The summed E-state index contributed by atoms with van der Waals surface area (Å²) >= 11 is 6.07. The molecule has 1 unspecified atom stereocenters. The van der Waals surface area contributed by atoms with Crippen LogP contribution in [0.4, 0.5) is 0 Å². The minimum atomic E-state index is 0.311. The van der Waals surface area contributed by atoms with Crippen molar-refractivity contribution >= 4 is 11.6 Å². The molecule has 2 atom stereocenters. The second kappa shape index (κ2) is 9.80. The fraction of sp³-hybridized carbons (Fsp3) is 0.500. The number of fused-ring (bicyclic) bond motifs is 1. The van der Waals surface area contributed by atoms with E-state index in [1.165, 1.54) is 11.1 Å². The molecule has 1 heterocycles. The number of likely N-dealkylation sites (N-methyl/N-ethyl adjacent to an activating group) is 1. The maximum Gasteiger partial charge on any atom is 0.203 e. The summed E-state index contributed by atoms with van der Waals surface area (Å²) in [5.41, 5.74) is 3.91. The summed E-state index contributed by atoms with van der Waals surface area (Å²) < 4.78 is 23.1. The van der Waals surface area contributed by atoms with Crippen molar-refractivity contribution in [2.75, 3.05) is 54.5 Å². The van der Waals surface area contributed by atoms with Gasteiger partial charge in [0.25, 0.3) is 0 Å². The molecule has 30 heavy (non-hydrogen) atoms. The minimum absolute atomic E-state index is 0.311. The molecule has 5 nitrogen and oxygen atoms in total. The van der Waals surface area contributed by atoms with E-state index < -0.39 is 0 Å². The molecule has 0 radical (unpaired) electrons. The van der Waals surface area contributed by atoms with Gasteiger partial charge in [-0.3, -0.25) is 0 Å². The van der Waals surface area contributed by atoms with Gasteiger partial charge in [-0.05, 0) is 41.5 Å². The summed E-state index contributed by atoms with van der Waals surface area (Å²) in [5, 5.41) is 0. The lowest BCUT2D eigenvalue weighted by atomic mass is 9.86. The van der Waals surface area contributed by atoms with Crippen molar-refractivity contribution in [1.29, 1.82) is 0 Å². The maximum atomic E-state index is 6.07. The Morgan fingerprint density at radius 2 is 1.67 bits per heavy atom. The Balaban J connectivity index is 2.04. The summed E-state index contributed by atoms with van der Waals surface area (Å²) in [6.07, 6.45) is 2.90. The molecule has 1 aliphatic rings. The van der Waals surface area contributed by atoms with Crippen LogP contribution in [0.1, 0.15) is 29.2 Å². The zero-order valence-corrected chi connectivity index (χ0v) is 19.4. The van der Waals surface area contributed by atoms with Crippen LogP contribution in [0.3, 0.4) is 0 Å². The van der Waals surface area contributed by atoms with E-state index in [9.17, 15) is 0 Å². The largest absolute Gasteiger partial charge is 0.497 e. The van der Waals surface area contributed by atoms with Gasteiger partial charge in [0.2, 0.25) is 5.75 Å². The van der Waals surface area contributed by atoms with E-state index in [2.05, 4.69) is 37.4 Å². The number of halogens is 1. The fourth-order valence-corrected chi connectivity index (χ4v) is 4.73. The van der Waals surface area contributed by atoms with E-state index in [1.807, 2.05) is 0 Å². The number of rotatable bonds is 9. The highest BCUT2D eigenvalue weighted by atomic mass is 35.5. The monoisotopic (exact) mass is 434 g/mol. The number of benzene rings is 2. The van der Waals surface area contributed by atoms with Gasteiger partial charge in [-0.25, -0.2) is 0 Å². The van der Waals surface area contributed by atoms with Crippen LogP contribution in [0.5, 0.6) is 23.0 Å². The van der Waals surface area contributed by atoms with Crippen molar-refractivity contribution in [1.82, 2.24) is 0 Å². The first-order valence-corrected chi connectivity index (χ1v) is 10.9. The molecule has 0 spiro atoms. The number of methoxy groups -OCH3 is 4. The standard InChI is InChI=1S/C24H33ClNO4/c1-26(11-6-10-25)12-9-18-16-19(27-2)7-8-20(18)21(26)13-17-14-22(28-3)24(30-5)23(15-17)29-4/h7-8,14-16,21H,6,9-13H2,1-5H3/q+1/t21-,26?/m0/s1. The van der Waals surface area contributed by atoms with E-state index in [0.717, 1.165) is 48.1 Å². The minimum Gasteiger partial charge on any atom is -0.497 e. The molecule has 0 fully saturated rings. The number of ether oxygens (including phenoxy) is 4. The average molecular weight is 435 g/mol. The predicted molar refractivity (Wildman–Crippen MR) is 120 cm³/mol. The number of alkyl halides is 1. The Labute approximate surface area is 185 Å². The molecule has 0 saturated carbocycles. The Morgan fingerprint density at radius 3 is 2.23 bits per heavy atom. The number of hydrogen-bond acceptors (Lipinski definition) is 4. The van der Waals surface area contributed by atoms with Gasteiger partial charge in [0.05, 0.1) is 48.6 Å². The molecule has 1 aliphatic heterocycles. The van der Waals surface area contributed by atoms with E-state index in [0.29, 0.717) is 29.2 Å². The highest BCUT2D eigenvalue weighted by molar-refractivity contribution is 6.17. The number of hydrogen-bond donors (Lipinski definition) is 0. The number of nitrogens with zero attached hydrogens (tertiary/aromatic N) is 1. The van der Waals surface area contributed by atoms with Crippen molar-refractivity contribution in [3.05, 3.63) is 47.0 Å². The third-order valence-electron chi connectivity index (χ3n) is 6.31. The van der Waals surface area contributed by atoms with Crippen LogP contribution in [-0.2, 0) is 12.8 Å². The zero-order valence-electron chi connectivity index (χ0n) is 18.7. The second-order valence-corrected chi connectivity index (χ2v) is 8.42. The van der Waals surface area contributed by atoms with E-state index >= 15 is 0 Å². The maximum absolute atomic E-state index is 6.07. The molecule has 164 valence electrons. The van der Waals surface area contributed by atoms with Crippen molar-refractivity contribution in [2.45, 2.75) is 25.3 Å². The summed E-state index contributed by atoms with van der Waals surface area (Å²) in [5.74, 6) is 3.59. The highest BCUT2D eigenvalue weighted by Gasteiger charge is 2.39. The normalized spacial score (nSPS) is 20.4. The van der Waals surface area contributed by atoms with Crippen molar-refractivity contribution < 1.29 is 23.4 Å².